The lowest BCUT2D eigenvalue weighted by Gasteiger charge is -2.20. The number of oxime groups is 1. The van der Waals surface area contributed by atoms with Crippen LogP contribution in [0.2, 0.25) is 0 Å². The summed E-state index contributed by atoms with van der Waals surface area (Å²) in [5.41, 5.74) is 6.60. The summed E-state index contributed by atoms with van der Waals surface area (Å²) in [7, 11) is 0. The third kappa shape index (κ3) is 3.29. The smallest absolute Gasteiger partial charge is 0.251 e. The van der Waals surface area contributed by atoms with Crippen LogP contribution >= 0.6 is 0 Å². The van der Waals surface area contributed by atoms with E-state index in [0.29, 0.717) is 17.0 Å². The molecule has 5 heteroatoms. The van der Waals surface area contributed by atoms with E-state index in [-0.39, 0.29) is 17.8 Å². The molecule has 0 heterocycles. The van der Waals surface area contributed by atoms with Crippen LogP contribution < -0.4 is 11.1 Å². The van der Waals surface area contributed by atoms with Crippen molar-refractivity contribution in [2.45, 2.75) is 38.6 Å². The van der Waals surface area contributed by atoms with Crippen molar-refractivity contribution < 1.29 is 10.0 Å². The standard InChI is InChI=1S/C15H21N3O2/c1-10(11-5-2-3-6-11)17-15(19)13-8-4-7-12(9-13)14(16)18-20/h4,7-11,20H,2-3,5-6H2,1H3,(H2,16,18)(H,17,19). The first-order valence-electron chi connectivity index (χ1n) is 7.00. The number of hydrogen-bond donors (Lipinski definition) is 3. The lowest BCUT2D eigenvalue weighted by molar-refractivity contribution is 0.0927. The van der Waals surface area contributed by atoms with Gasteiger partial charge in [0, 0.05) is 17.2 Å². The molecular weight excluding hydrogens is 254 g/mol. The van der Waals surface area contributed by atoms with Gasteiger partial charge in [-0.2, -0.15) is 0 Å². The van der Waals surface area contributed by atoms with Crippen LogP contribution in [0.4, 0.5) is 0 Å². The van der Waals surface area contributed by atoms with Gasteiger partial charge in [0.05, 0.1) is 0 Å². The summed E-state index contributed by atoms with van der Waals surface area (Å²) in [5.74, 6) is 0.465. The van der Waals surface area contributed by atoms with Crippen LogP contribution in [0.25, 0.3) is 0 Å². The van der Waals surface area contributed by atoms with E-state index in [2.05, 4.69) is 17.4 Å². The Labute approximate surface area is 118 Å². The number of carbonyl (C=O) groups excluding carboxylic acids is 1. The highest BCUT2D eigenvalue weighted by Crippen LogP contribution is 2.27. The van der Waals surface area contributed by atoms with Crippen LogP contribution in [0.15, 0.2) is 29.4 Å². The molecule has 0 radical (unpaired) electrons. The van der Waals surface area contributed by atoms with Crippen LogP contribution in [-0.2, 0) is 0 Å². The molecule has 1 aliphatic carbocycles. The molecule has 0 spiro atoms. The fourth-order valence-corrected chi connectivity index (χ4v) is 2.74. The highest BCUT2D eigenvalue weighted by atomic mass is 16.4. The zero-order chi connectivity index (χ0) is 14.5. The minimum atomic E-state index is -0.114. The normalized spacial score (nSPS) is 17.9. The maximum absolute atomic E-state index is 12.2. The second kappa shape index (κ2) is 6.41. The molecule has 1 amide bonds. The molecule has 20 heavy (non-hydrogen) atoms. The summed E-state index contributed by atoms with van der Waals surface area (Å²) in [6.45, 7) is 2.06. The SMILES string of the molecule is CC(NC(=O)c1cccc(C(N)=NO)c1)C1CCCC1. The molecule has 108 valence electrons. The van der Waals surface area contributed by atoms with E-state index in [0.717, 1.165) is 0 Å². The van der Waals surface area contributed by atoms with Gasteiger partial charge < -0.3 is 16.3 Å². The predicted molar refractivity (Wildman–Crippen MR) is 77.8 cm³/mol. The first-order chi connectivity index (χ1) is 9.61. The number of nitrogens with two attached hydrogens (primary N) is 1. The summed E-state index contributed by atoms with van der Waals surface area (Å²) < 4.78 is 0. The molecule has 1 fully saturated rings. The molecule has 1 aromatic rings. The number of benzene rings is 1. The highest BCUT2D eigenvalue weighted by molar-refractivity contribution is 6.01. The van der Waals surface area contributed by atoms with Crippen molar-refractivity contribution in [1.29, 1.82) is 0 Å². The van der Waals surface area contributed by atoms with E-state index < -0.39 is 0 Å². The van der Waals surface area contributed by atoms with Crippen molar-refractivity contribution in [3.8, 4) is 0 Å². The molecule has 0 bridgehead atoms. The molecule has 1 aromatic carbocycles. The predicted octanol–water partition coefficient (Wildman–Crippen LogP) is 2.09. The average molecular weight is 275 g/mol. The molecule has 0 aromatic heterocycles. The molecule has 0 saturated heterocycles. The minimum Gasteiger partial charge on any atom is -0.409 e. The van der Waals surface area contributed by atoms with Gasteiger partial charge in [-0.15, -0.1) is 0 Å². The van der Waals surface area contributed by atoms with Crippen molar-refractivity contribution in [3.63, 3.8) is 0 Å². The van der Waals surface area contributed by atoms with E-state index in [9.17, 15) is 4.79 Å². The summed E-state index contributed by atoms with van der Waals surface area (Å²) in [6, 6.07) is 6.96. The van der Waals surface area contributed by atoms with Crippen molar-refractivity contribution in [1.82, 2.24) is 5.32 Å². The summed E-state index contributed by atoms with van der Waals surface area (Å²) in [5, 5.41) is 14.7. The van der Waals surface area contributed by atoms with Crippen LogP contribution in [0.3, 0.4) is 0 Å². The van der Waals surface area contributed by atoms with Crippen LogP contribution in [0, 0.1) is 5.92 Å². The third-order valence-corrected chi connectivity index (χ3v) is 3.99. The van der Waals surface area contributed by atoms with Gasteiger partial charge in [0.25, 0.3) is 5.91 Å². The maximum atomic E-state index is 12.2. The van der Waals surface area contributed by atoms with E-state index in [1.54, 1.807) is 24.3 Å². The number of nitrogens with zero attached hydrogens (tertiary/aromatic N) is 1. The van der Waals surface area contributed by atoms with Crippen molar-refractivity contribution in [2.75, 3.05) is 0 Å². The Bertz CT molecular complexity index is 508. The maximum Gasteiger partial charge on any atom is 0.251 e. The topological polar surface area (TPSA) is 87.7 Å². The highest BCUT2D eigenvalue weighted by Gasteiger charge is 2.23. The van der Waals surface area contributed by atoms with E-state index in [1.807, 2.05) is 0 Å². The summed E-state index contributed by atoms with van der Waals surface area (Å²) in [6.07, 6.45) is 4.88. The van der Waals surface area contributed by atoms with Crippen molar-refractivity contribution >= 4 is 11.7 Å². The van der Waals surface area contributed by atoms with E-state index in [1.165, 1.54) is 25.7 Å². The largest absolute Gasteiger partial charge is 0.409 e. The number of carbonyl (C=O) groups is 1. The monoisotopic (exact) mass is 275 g/mol. The van der Waals surface area contributed by atoms with Crippen LogP contribution in [-0.4, -0.2) is 23.0 Å². The lowest BCUT2D eigenvalue weighted by Crippen LogP contribution is -2.37. The zero-order valence-corrected chi connectivity index (χ0v) is 11.7. The first-order valence-corrected chi connectivity index (χ1v) is 7.00. The van der Waals surface area contributed by atoms with Crippen molar-refractivity contribution in [3.05, 3.63) is 35.4 Å². The van der Waals surface area contributed by atoms with E-state index in [4.69, 9.17) is 10.9 Å². The van der Waals surface area contributed by atoms with Crippen LogP contribution in [0.5, 0.6) is 0 Å². The summed E-state index contributed by atoms with van der Waals surface area (Å²) in [4.78, 5) is 12.2. The van der Waals surface area contributed by atoms with Crippen LogP contribution in [0.1, 0.15) is 48.5 Å². The second-order valence-corrected chi connectivity index (χ2v) is 5.37. The molecule has 1 aliphatic rings. The number of amides is 1. The molecule has 1 saturated carbocycles. The van der Waals surface area contributed by atoms with Crippen molar-refractivity contribution in [2.24, 2.45) is 16.8 Å². The van der Waals surface area contributed by atoms with Gasteiger partial charge in [0.15, 0.2) is 5.84 Å². The van der Waals surface area contributed by atoms with Gasteiger partial charge >= 0.3 is 0 Å². The molecule has 4 N–H and O–H groups in total. The van der Waals surface area contributed by atoms with Gasteiger partial charge in [-0.1, -0.05) is 30.1 Å². The Morgan fingerprint density at radius 3 is 2.70 bits per heavy atom. The Morgan fingerprint density at radius 2 is 2.05 bits per heavy atom. The molecule has 1 unspecified atom stereocenters. The average Bonchev–Trinajstić information content (AvgIpc) is 3.00. The number of hydrogen-bond acceptors (Lipinski definition) is 3. The zero-order valence-electron chi connectivity index (χ0n) is 11.7. The molecule has 0 aliphatic heterocycles. The number of rotatable bonds is 4. The van der Waals surface area contributed by atoms with Gasteiger partial charge in [-0.3, -0.25) is 4.79 Å². The Hall–Kier alpha value is -2.04. The number of nitrogens with one attached hydrogen (secondary N) is 1. The molecule has 2 rings (SSSR count). The first kappa shape index (κ1) is 14.4. The van der Waals surface area contributed by atoms with Gasteiger partial charge in [0.1, 0.15) is 0 Å². The third-order valence-electron chi connectivity index (χ3n) is 3.99. The second-order valence-electron chi connectivity index (χ2n) is 5.37. The Morgan fingerprint density at radius 1 is 1.40 bits per heavy atom. The lowest BCUT2D eigenvalue weighted by atomic mass is 9.99. The quantitative estimate of drug-likeness (QED) is 0.340. The fraction of sp³-hybridized carbons (Fsp3) is 0.467. The summed E-state index contributed by atoms with van der Waals surface area (Å²) >= 11 is 0. The Balaban J connectivity index is 2.05. The molecule has 1 atom stereocenters. The minimum absolute atomic E-state index is 0.00323. The van der Waals surface area contributed by atoms with Gasteiger partial charge in [-0.05, 0) is 37.8 Å². The molecular formula is C15H21N3O2. The molecule has 5 nitrogen and oxygen atoms in total. The number of amidine groups is 1. The van der Waals surface area contributed by atoms with E-state index >= 15 is 0 Å². The Kier molecular flexibility index (Phi) is 4.61. The van der Waals surface area contributed by atoms with Gasteiger partial charge in [0.2, 0.25) is 0 Å². The fourth-order valence-electron chi connectivity index (χ4n) is 2.74. The van der Waals surface area contributed by atoms with Gasteiger partial charge in [-0.25, -0.2) is 0 Å².